The van der Waals surface area contributed by atoms with Crippen LogP contribution in [0.2, 0.25) is 0 Å². The maximum Gasteiger partial charge on any atom is 0.245 e. The van der Waals surface area contributed by atoms with Crippen LogP contribution in [0.1, 0.15) is 102 Å². The number of aliphatic imine (C=N–C) groups is 2. The molecule has 37 nitrogen and oxygen atoms in total. The number of benzene rings is 3. The summed E-state index contributed by atoms with van der Waals surface area (Å²) in [6.45, 7) is 1.81. The summed E-state index contributed by atoms with van der Waals surface area (Å²) in [5.41, 5.74) is 46.8. The predicted molar refractivity (Wildman–Crippen MR) is 389 cm³/mol. The van der Waals surface area contributed by atoms with Crippen LogP contribution < -0.4 is 110 Å². The largest absolute Gasteiger partial charge is 0.394 e. The Balaban J connectivity index is 1.74. The average Bonchev–Trinajstić information content (AvgIpc) is 0.876. The van der Waals surface area contributed by atoms with Gasteiger partial charge < -0.3 is 120 Å². The lowest BCUT2D eigenvalue weighted by Crippen LogP contribution is -2.60. The number of carbonyl (C=O) groups excluding carboxylic acids is 13. The smallest absolute Gasteiger partial charge is 0.245 e. The number of carbonyl (C=O) groups is 13. The number of hydrogen-bond acceptors (Lipinski definition) is 20. The Bertz CT molecular complexity index is 3370. The van der Waals surface area contributed by atoms with Gasteiger partial charge in [-0.3, -0.25) is 72.3 Å². The van der Waals surface area contributed by atoms with Crippen molar-refractivity contribution in [1.29, 1.82) is 0 Å². The van der Waals surface area contributed by atoms with E-state index < -0.39 is 169 Å². The van der Waals surface area contributed by atoms with Crippen LogP contribution in [0.4, 0.5) is 0 Å². The van der Waals surface area contributed by atoms with E-state index in [0.717, 1.165) is 5.56 Å². The van der Waals surface area contributed by atoms with E-state index in [1.165, 1.54) is 20.8 Å². The van der Waals surface area contributed by atoms with E-state index in [1.807, 2.05) is 6.07 Å². The maximum absolute atomic E-state index is 14.3. The number of unbranched alkanes of at least 4 members (excludes halogenated alkanes) is 2. The molecule has 0 saturated heterocycles. The Morgan fingerprint density at radius 1 is 0.381 bits per heavy atom. The van der Waals surface area contributed by atoms with Crippen LogP contribution in [0.25, 0.3) is 0 Å². The zero-order chi connectivity index (χ0) is 78.0. The van der Waals surface area contributed by atoms with E-state index in [2.05, 4.69) is 73.8 Å². The van der Waals surface area contributed by atoms with Crippen molar-refractivity contribution in [2.24, 2.45) is 55.9 Å². The maximum atomic E-state index is 14.3. The van der Waals surface area contributed by atoms with E-state index in [4.69, 9.17) is 45.9 Å². The Morgan fingerprint density at radius 3 is 1.15 bits per heavy atom. The molecule has 0 spiro atoms. The monoisotopic (exact) mass is 1470 g/mol. The van der Waals surface area contributed by atoms with Gasteiger partial charge in [-0.05, 0) is 121 Å². The molecule has 0 aromatic heterocycles. The van der Waals surface area contributed by atoms with E-state index in [-0.39, 0.29) is 95.8 Å². The summed E-state index contributed by atoms with van der Waals surface area (Å²) in [7, 11) is 0. The number of aliphatic hydroxyl groups is 2. The molecule has 0 aliphatic carbocycles. The second-order valence-electron chi connectivity index (χ2n) is 24.9. The number of primary amides is 1. The standard InChI is InChI=1S/C68H106N22O15/c1-39(81-53(93)36-80-66(105)55(41(3)92)90-64(103)51(35-44-23-11-6-12-24-44)88-63(102)50(34-43-21-9-5-10-22-43)83-54(94)37-79-59(98)45(71)33-42-19-7-4-8-20-42)57(96)85-49(28-18-32-78-68(75)76)61(100)87-47(26-14-16-30-70)62(101)89-52(38-91)65(104)82-40(2)58(97)86-48(27-17-31-77-67(73)74)60(99)84-46(56(72)95)25-13-15-29-69/h4-12,19-24,39-41,45-52,55,91-92H,13-18,25-38,69-71H2,1-3H3,(H2,72,95)(H,79,98)(H,80,105)(H,81,93)(H,82,104)(H,83,94)(H,84,99)(H,85,96)(H,86,97)(H,87,100)(H,88,102)(H,89,101)(H,90,103)(H4,73,74,77)(H4,75,76,78)/t39-,40-,41+,45-,46-,47-,48-,49-,50-,51-,52-,55-/m0/s1. The van der Waals surface area contributed by atoms with E-state index in [0.29, 0.717) is 36.9 Å². The van der Waals surface area contributed by atoms with Gasteiger partial charge in [0, 0.05) is 25.9 Å². The highest BCUT2D eigenvalue weighted by Gasteiger charge is 2.36. The fourth-order valence-corrected chi connectivity index (χ4v) is 10.3. The molecule has 3 rings (SSSR count). The molecule has 3 aromatic rings. The molecule has 0 fully saturated rings. The Kier molecular flexibility index (Phi) is 40.5. The number of guanidine groups is 2. The zero-order valence-electron chi connectivity index (χ0n) is 59.4. The van der Waals surface area contributed by atoms with Crippen molar-refractivity contribution in [2.45, 2.75) is 177 Å². The second-order valence-corrected chi connectivity index (χ2v) is 24.9. The molecule has 13 amide bonds. The fourth-order valence-electron chi connectivity index (χ4n) is 10.3. The van der Waals surface area contributed by atoms with Crippen molar-refractivity contribution in [2.75, 3.05) is 45.9 Å². The summed E-state index contributed by atoms with van der Waals surface area (Å²) in [6.07, 6.45) is 0.0668. The normalized spacial score (nSPS) is 14.3. The summed E-state index contributed by atoms with van der Waals surface area (Å²) < 4.78 is 0. The molecule has 0 heterocycles. The van der Waals surface area contributed by atoms with E-state index in [9.17, 15) is 72.5 Å². The number of nitrogens with zero attached hydrogens (tertiary/aromatic N) is 2. The minimum atomic E-state index is -1.75. The molecule has 30 N–H and O–H groups in total. The zero-order valence-corrected chi connectivity index (χ0v) is 59.4. The van der Waals surface area contributed by atoms with Gasteiger partial charge in [0.05, 0.1) is 31.8 Å². The van der Waals surface area contributed by atoms with Gasteiger partial charge in [0.1, 0.15) is 60.4 Å². The Hall–Kier alpha value is -10.9. The third-order valence-electron chi connectivity index (χ3n) is 16.1. The molecule has 0 radical (unpaired) electrons. The Labute approximate surface area is 609 Å². The third-order valence-corrected chi connectivity index (χ3v) is 16.1. The van der Waals surface area contributed by atoms with Gasteiger partial charge in [0.2, 0.25) is 76.8 Å². The number of aliphatic hydroxyl groups excluding tert-OH is 2. The fraction of sp³-hybridized carbons (Fsp3) is 0.515. The van der Waals surface area contributed by atoms with Crippen LogP contribution in [0.15, 0.2) is 101 Å². The molecule has 37 heteroatoms. The molecule has 578 valence electrons. The molecule has 0 aliphatic heterocycles. The highest BCUT2D eigenvalue weighted by atomic mass is 16.3. The molecule has 3 aromatic carbocycles. The highest BCUT2D eigenvalue weighted by Crippen LogP contribution is 2.12. The topological polar surface area (TPSA) is 640 Å². The minimum Gasteiger partial charge on any atom is -0.394 e. The molecular weight excluding hydrogens is 1360 g/mol. The van der Waals surface area contributed by atoms with E-state index in [1.54, 1.807) is 84.9 Å². The van der Waals surface area contributed by atoms with Crippen LogP contribution >= 0.6 is 0 Å². The number of hydrogen-bond donors (Lipinski definition) is 22. The molecule has 12 atom stereocenters. The van der Waals surface area contributed by atoms with Crippen LogP contribution in [-0.2, 0) is 81.6 Å². The number of nitrogens with two attached hydrogens (primary N) is 8. The van der Waals surface area contributed by atoms with Gasteiger partial charge in [-0.1, -0.05) is 91.0 Å². The predicted octanol–water partition coefficient (Wildman–Crippen LogP) is -7.61. The summed E-state index contributed by atoms with van der Waals surface area (Å²) in [5.74, 6) is -12.2. The average molecular weight is 1470 g/mol. The second kappa shape index (κ2) is 48.1. The number of amides is 13. The first kappa shape index (κ1) is 88.3. The lowest BCUT2D eigenvalue weighted by atomic mass is 10.0. The summed E-state index contributed by atoms with van der Waals surface area (Å²) in [4.78, 5) is 185. The minimum absolute atomic E-state index is 0.0297. The summed E-state index contributed by atoms with van der Waals surface area (Å²) in [5, 5.41) is 51.0. The van der Waals surface area contributed by atoms with E-state index >= 15 is 0 Å². The van der Waals surface area contributed by atoms with Crippen LogP contribution in [0.5, 0.6) is 0 Å². The molecule has 0 aliphatic rings. The quantitative estimate of drug-likeness (QED) is 0.0142. The Morgan fingerprint density at radius 2 is 0.724 bits per heavy atom. The first-order chi connectivity index (χ1) is 50.0. The van der Waals surface area contributed by atoms with Gasteiger partial charge in [-0.25, -0.2) is 0 Å². The van der Waals surface area contributed by atoms with Crippen LogP contribution in [0.3, 0.4) is 0 Å². The molecule has 0 bridgehead atoms. The lowest BCUT2D eigenvalue weighted by Gasteiger charge is -2.27. The van der Waals surface area contributed by atoms with Crippen molar-refractivity contribution in [3.63, 3.8) is 0 Å². The molecule has 105 heavy (non-hydrogen) atoms. The molecular formula is C68H106N22O15. The van der Waals surface area contributed by atoms with Gasteiger partial charge >= 0.3 is 0 Å². The van der Waals surface area contributed by atoms with Crippen LogP contribution in [0, 0.1) is 0 Å². The molecule has 0 saturated carbocycles. The lowest BCUT2D eigenvalue weighted by molar-refractivity contribution is -0.136. The van der Waals surface area contributed by atoms with Crippen molar-refractivity contribution in [3.05, 3.63) is 108 Å². The van der Waals surface area contributed by atoms with Crippen molar-refractivity contribution < 1.29 is 72.5 Å². The van der Waals surface area contributed by atoms with Gasteiger partial charge in [0.25, 0.3) is 0 Å². The number of rotatable bonds is 49. The van der Waals surface area contributed by atoms with Crippen LogP contribution in [-0.4, -0.2) is 217 Å². The molecule has 0 unspecified atom stereocenters. The van der Waals surface area contributed by atoms with Gasteiger partial charge in [0.15, 0.2) is 11.9 Å². The highest BCUT2D eigenvalue weighted by molar-refractivity contribution is 5.99. The van der Waals surface area contributed by atoms with Gasteiger partial charge in [-0.15, -0.1) is 0 Å². The van der Waals surface area contributed by atoms with Crippen molar-refractivity contribution in [3.8, 4) is 0 Å². The van der Waals surface area contributed by atoms with Gasteiger partial charge in [-0.2, -0.15) is 0 Å². The van der Waals surface area contributed by atoms with Crippen molar-refractivity contribution >= 4 is 88.7 Å². The number of nitrogens with one attached hydrogen (secondary N) is 12. The summed E-state index contributed by atoms with van der Waals surface area (Å²) >= 11 is 0. The summed E-state index contributed by atoms with van der Waals surface area (Å²) in [6, 6.07) is 10.6. The van der Waals surface area contributed by atoms with Crippen molar-refractivity contribution in [1.82, 2.24) is 63.8 Å². The first-order valence-corrected chi connectivity index (χ1v) is 34.5. The SMILES string of the molecule is C[C@H](NC(=O)CNC(=O)[C@@H](NC(=O)[C@H](Cc1ccccc1)NC(=O)[C@H](Cc1ccccc1)NC(=O)CNC(=O)[C@@H](N)Cc1ccccc1)[C@@H](C)O)C(=O)N[C@@H](CCCN=C(N)N)C(=O)N[C@@H](CCCCN)C(=O)N[C@@H](CO)C(=O)N[C@@H](C)C(=O)N[C@@H](CCCN=C(N)N)C(=O)N[C@@H](CCCCN)C(N)=O. The third kappa shape index (κ3) is 34.8. The first-order valence-electron chi connectivity index (χ1n) is 34.5.